The lowest BCUT2D eigenvalue weighted by Crippen LogP contribution is -2.33. The van der Waals surface area contributed by atoms with Crippen LogP contribution in [0.1, 0.15) is 12.8 Å². The van der Waals surface area contributed by atoms with Gasteiger partial charge in [0.05, 0.1) is 23.8 Å². The summed E-state index contributed by atoms with van der Waals surface area (Å²) in [5, 5.41) is 11.7. The molecule has 22 heavy (non-hydrogen) atoms. The van der Waals surface area contributed by atoms with Gasteiger partial charge in [-0.1, -0.05) is 11.6 Å². The molecule has 0 saturated carbocycles. The van der Waals surface area contributed by atoms with Gasteiger partial charge in [-0.25, -0.2) is 4.98 Å². The first-order valence-electron chi connectivity index (χ1n) is 6.81. The van der Waals surface area contributed by atoms with Crippen molar-refractivity contribution < 1.29 is 14.3 Å². The molecule has 7 heteroatoms. The molecule has 0 fully saturated rings. The third-order valence-corrected chi connectivity index (χ3v) is 4.30. The Bertz CT molecular complexity index is 616. The second kappa shape index (κ2) is 8.22. The molecule has 2 N–H and O–H groups in total. The van der Waals surface area contributed by atoms with Crippen molar-refractivity contribution in [2.45, 2.75) is 17.9 Å². The lowest BCUT2D eigenvalue weighted by molar-refractivity contribution is -0.120. The Hall–Kier alpha value is -1.50. The second-order valence-electron chi connectivity index (χ2n) is 4.59. The third-order valence-electron chi connectivity index (χ3n) is 2.92. The summed E-state index contributed by atoms with van der Waals surface area (Å²) in [4.78, 5) is 15.9. The van der Waals surface area contributed by atoms with E-state index in [9.17, 15) is 4.79 Å². The molecule has 1 aromatic carbocycles. The Morgan fingerprint density at radius 3 is 2.86 bits per heavy atom. The number of aliphatic hydroxyl groups is 1. The van der Waals surface area contributed by atoms with Crippen LogP contribution >= 0.6 is 23.4 Å². The van der Waals surface area contributed by atoms with E-state index in [0.29, 0.717) is 22.4 Å². The van der Waals surface area contributed by atoms with Gasteiger partial charge in [-0.3, -0.25) is 4.79 Å². The fraction of sp³-hybridized carbons (Fsp3) is 0.333. The standard InChI is InChI=1S/C15H17ClN2O3S/c1-10(15(20)17-6-7-19)22-9-14-18-8-13(21-14)11-2-4-12(16)5-3-11/h2-5,8,10,19H,6-7,9H2,1H3,(H,17,20). The highest BCUT2D eigenvalue weighted by atomic mass is 35.5. The predicted molar refractivity (Wildman–Crippen MR) is 87.8 cm³/mol. The number of amides is 1. The van der Waals surface area contributed by atoms with Crippen molar-refractivity contribution in [3.8, 4) is 11.3 Å². The van der Waals surface area contributed by atoms with Crippen molar-refractivity contribution in [2.24, 2.45) is 0 Å². The predicted octanol–water partition coefficient (Wildman–Crippen LogP) is 2.73. The molecule has 1 unspecified atom stereocenters. The molecule has 2 rings (SSSR count). The first kappa shape index (κ1) is 16.9. The molecule has 0 spiro atoms. The second-order valence-corrected chi connectivity index (χ2v) is 6.36. The van der Waals surface area contributed by atoms with E-state index in [-0.39, 0.29) is 24.3 Å². The number of aliphatic hydroxyl groups excluding tert-OH is 1. The fourth-order valence-corrected chi connectivity index (χ4v) is 2.61. The number of rotatable bonds is 7. The fourth-order valence-electron chi connectivity index (χ4n) is 1.72. The maximum atomic E-state index is 11.7. The van der Waals surface area contributed by atoms with Crippen LogP contribution in [-0.2, 0) is 10.5 Å². The van der Waals surface area contributed by atoms with Gasteiger partial charge in [0, 0.05) is 17.1 Å². The Kier molecular flexibility index (Phi) is 6.30. The number of hydrogen-bond donors (Lipinski definition) is 2. The highest BCUT2D eigenvalue weighted by Crippen LogP contribution is 2.24. The van der Waals surface area contributed by atoms with Crippen LogP contribution in [0, 0.1) is 0 Å². The molecular weight excluding hydrogens is 324 g/mol. The van der Waals surface area contributed by atoms with Gasteiger partial charge in [0.1, 0.15) is 0 Å². The number of carbonyl (C=O) groups is 1. The highest BCUT2D eigenvalue weighted by Gasteiger charge is 2.14. The molecule has 1 atom stereocenters. The smallest absolute Gasteiger partial charge is 0.232 e. The maximum absolute atomic E-state index is 11.7. The topological polar surface area (TPSA) is 75.4 Å². The lowest BCUT2D eigenvalue weighted by atomic mass is 10.2. The Balaban J connectivity index is 1.89. The van der Waals surface area contributed by atoms with Crippen molar-refractivity contribution in [3.05, 3.63) is 41.4 Å². The molecule has 0 aliphatic carbocycles. The number of benzene rings is 1. The molecular formula is C15H17ClN2O3S. The van der Waals surface area contributed by atoms with Gasteiger partial charge in [0.25, 0.3) is 0 Å². The molecule has 1 amide bonds. The van der Waals surface area contributed by atoms with Crippen molar-refractivity contribution in [1.29, 1.82) is 0 Å². The normalized spacial score (nSPS) is 12.1. The largest absolute Gasteiger partial charge is 0.440 e. The summed E-state index contributed by atoms with van der Waals surface area (Å²) in [6.45, 7) is 2.01. The molecule has 5 nitrogen and oxygen atoms in total. The zero-order valence-electron chi connectivity index (χ0n) is 12.1. The summed E-state index contributed by atoms with van der Waals surface area (Å²) < 4.78 is 5.67. The molecule has 2 aromatic rings. The number of oxazole rings is 1. The lowest BCUT2D eigenvalue weighted by Gasteiger charge is -2.09. The van der Waals surface area contributed by atoms with E-state index in [0.717, 1.165) is 5.56 Å². The molecule has 0 saturated heterocycles. The molecule has 0 aliphatic heterocycles. The summed E-state index contributed by atoms with van der Waals surface area (Å²) in [7, 11) is 0. The van der Waals surface area contributed by atoms with Crippen LogP contribution in [0.25, 0.3) is 11.3 Å². The van der Waals surface area contributed by atoms with Crippen LogP contribution in [0.5, 0.6) is 0 Å². The summed E-state index contributed by atoms with van der Waals surface area (Å²) in [6.07, 6.45) is 1.66. The molecule has 0 aliphatic rings. The number of carbonyl (C=O) groups excluding carboxylic acids is 1. The van der Waals surface area contributed by atoms with E-state index in [1.54, 1.807) is 25.3 Å². The van der Waals surface area contributed by atoms with Gasteiger partial charge in [-0.2, -0.15) is 0 Å². The van der Waals surface area contributed by atoms with E-state index >= 15 is 0 Å². The molecule has 1 heterocycles. The van der Waals surface area contributed by atoms with Crippen molar-refractivity contribution in [3.63, 3.8) is 0 Å². The van der Waals surface area contributed by atoms with Crippen LogP contribution in [0.3, 0.4) is 0 Å². The average Bonchev–Trinajstić information content (AvgIpc) is 2.99. The number of hydrogen-bond acceptors (Lipinski definition) is 5. The van der Waals surface area contributed by atoms with Crippen molar-refractivity contribution in [1.82, 2.24) is 10.3 Å². The van der Waals surface area contributed by atoms with E-state index < -0.39 is 0 Å². The van der Waals surface area contributed by atoms with E-state index in [1.807, 2.05) is 12.1 Å². The molecule has 118 valence electrons. The van der Waals surface area contributed by atoms with Crippen LogP contribution in [-0.4, -0.2) is 34.4 Å². The van der Waals surface area contributed by atoms with E-state index in [2.05, 4.69) is 10.3 Å². The van der Waals surface area contributed by atoms with E-state index in [1.165, 1.54) is 11.8 Å². The molecule has 0 radical (unpaired) electrons. The number of thioether (sulfide) groups is 1. The summed E-state index contributed by atoms with van der Waals surface area (Å²) >= 11 is 7.28. The molecule has 0 bridgehead atoms. The van der Waals surface area contributed by atoms with Gasteiger partial charge in [-0.15, -0.1) is 11.8 Å². The summed E-state index contributed by atoms with van der Waals surface area (Å²) in [6, 6.07) is 7.32. The maximum Gasteiger partial charge on any atom is 0.232 e. The van der Waals surface area contributed by atoms with Gasteiger partial charge >= 0.3 is 0 Å². The monoisotopic (exact) mass is 340 g/mol. The SMILES string of the molecule is CC(SCc1ncc(-c2ccc(Cl)cc2)o1)C(=O)NCCO. The summed E-state index contributed by atoms with van der Waals surface area (Å²) in [5.41, 5.74) is 0.905. The van der Waals surface area contributed by atoms with Crippen LogP contribution < -0.4 is 5.32 Å². The Morgan fingerprint density at radius 1 is 1.45 bits per heavy atom. The number of nitrogens with one attached hydrogen (secondary N) is 1. The Labute approximate surface area is 138 Å². The van der Waals surface area contributed by atoms with Crippen molar-refractivity contribution >= 4 is 29.3 Å². The minimum Gasteiger partial charge on any atom is -0.440 e. The Morgan fingerprint density at radius 2 is 2.18 bits per heavy atom. The minimum absolute atomic E-state index is 0.0622. The first-order valence-corrected chi connectivity index (χ1v) is 8.23. The zero-order chi connectivity index (χ0) is 15.9. The molecule has 1 aromatic heterocycles. The van der Waals surface area contributed by atoms with Crippen LogP contribution in [0.4, 0.5) is 0 Å². The van der Waals surface area contributed by atoms with E-state index in [4.69, 9.17) is 21.1 Å². The quantitative estimate of drug-likeness (QED) is 0.810. The number of nitrogens with zero attached hydrogens (tertiary/aromatic N) is 1. The highest BCUT2D eigenvalue weighted by molar-refractivity contribution is 7.99. The van der Waals surface area contributed by atoms with Crippen LogP contribution in [0.15, 0.2) is 34.9 Å². The van der Waals surface area contributed by atoms with Gasteiger partial charge < -0.3 is 14.8 Å². The first-order chi connectivity index (χ1) is 10.6. The van der Waals surface area contributed by atoms with Gasteiger partial charge in [0.2, 0.25) is 11.8 Å². The van der Waals surface area contributed by atoms with Gasteiger partial charge in [-0.05, 0) is 31.2 Å². The van der Waals surface area contributed by atoms with Crippen molar-refractivity contribution in [2.75, 3.05) is 13.2 Å². The average molecular weight is 341 g/mol. The number of halogens is 1. The minimum atomic E-state index is -0.238. The zero-order valence-corrected chi connectivity index (χ0v) is 13.7. The summed E-state index contributed by atoms with van der Waals surface area (Å²) in [5.74, 6) is 1.63. The van der Waals surface area contributed by atoms with Gasteiger partial charge in [0.15, 0.2) is 5.76 Å². The van der Waals surface area contributed by atoms with Crippen LogP contribution in [0.2, 0.25) is 5.02 Å². The number of aromatic nitrogens is 1. The third kappa shape index (κ3) is 4.76.